The summed E-state index contributed by atoms with van der Waals surface area (Å²) in [6, 6.07) is 9.15. The van der Waals surface area contributed by atoms with E-state index in [-0.39, 0.29) is 5.91 Å². The van der Waals surface area contributed by atoms with E-state index in [1.54, 1.807) is 4.90 Å². The monoisotopic (exact) mass is 547 g/mol. The Morgan fingerprint density at radius 2 is 1.85 bits per heavy atom. The lowest BCUT2D eigenvalue weighted by Gasteiger charge is -2.30. The van der Waals surface area contributed by atoms with Crippen LogP contribution in [0.1, 0.15) is 56.9 Å². The molecule has 2 atom stereocenters. The van der Waals surface area contributed by atoms with Crippen molar-refractivity contribution in [3.8, 4) is 12.8 Å². The number of likely N-dealkylation sites (N-methyl/N-ethyl adjacent to an activating group) is 1. The first-order valence-corrected chi connectivity index (χ1v) is 14.8. The predicted octanol–water partition coefficient (Wildman–Crippen LogP) is 7.86. The standard InChI is InChI=1S/C20H31N3O.C10H10S.C2H6.C2H2/c1-16(11-13-22(3)4)14-17-9-10-18(15-19(17)21-2)23-12-7-5-6-8-20(23)24;1-7-3-4-10-9(5-7)6-8(2)11-10;2*1-2/h5-7,9-10,12,16,19,21H,8,11,13-15H2,1-4H3;3-6H,1-2H3;1-2H3;1-2H. The minimum atomic E-state index is 0.136. The van der Waals surface area contributed by atoms with Crippen LogP contribution in [-0.4, -0.2) is 49.4 Å². The van der Waals surface area contributed by atoms with E-state index in [2.05, 4.69) is 94.3 Å². The van der Waals surface area contributed by atoms with Gasteiger partial charge in [-0.25, -0.2) is 0 Å². The molecule has 1 aromatic heterocycles. The molecule has 1 amide bonds. The highest BCUT2D eigenvalue weighted by Crippen LogP contribution is 2.28. The Kier molecular flexibility index (Phi) is 16.1. The van der Waals surface area contributed by atoms with Crippen LogP contribution in [0.15, 0.2) is 72.1 Å². The number of hydrogen-bond acceptors (Lipinski definition) is 4. The number of allylic oxidation sites excluding steroid dienone is 4. The minimum Gasteiger partial charge on any atom is -0.313 e. The van der Waals surface area contributed by atoms with Gasteiger partial charge in [0, 0.05) is 40.4 Å². The molecular formula is C34H49N3OS. The van der Waals surface area contributed by atoms with E-state index in [0.29, 0.717) is 18.4 Å². The van der Waals surface area contributed by atoms with Gasteiger partial charge in [-0.2, -0.15) is 0 Å². The number of hydrogen-bond donors (Lipinski definition) is 1. The van der Waals surface area contributed by atoms with Gasteiger partial charge >= 0.3 is 0 Å². The summed E-state index contributed by atoms with van der Waals surface area (Å²) in [7, 11) is 6.25. The smallest absolute Gasteiger partial charge is 0.234 e. The van der Waals surface area contributed by atoms with Crippen LogP contribution in [0.25, 0.3) is 10.1 Å². The van der Waals surface area contributed by atoms with Gasteiger partial charge in [0.15, 0.2) is 0 Å². The lowest BCUT2D eigenvalue weighted by atomic mass is 9.88. The molecule has 2 heterocycles. The number of nitrogens with zero attached hydrogens (tertiary/aromatic N) is 2. The van der Waals surface area contributed by atoms with Crippen molar-refractivity contribution in [3.05, 3.63) is 82.6 Å². The van der Waals surface area contributed by atoms with Gasteiger partial charge in [0.2, 0.25) is 5.91 Å². The molecule has 0 bridgehead atoms. The third-order valence-electron chi connectivity index (χ3n) is 6.50. The summed E-state index contributed by atoms with van der Waals surface area (Å²) in [4.78, 5) is 17.7. The number of terminal acetylenes is 1. The summed E-state index contributed by atoms with van der Waals surface area (Å²) in [5.74, 6) is 0.797. The molecule has 1 aliphatic carbocycles. The van der Waals surface area contributed by atoms with Gasteiger partial charge in [0.05, 0.1) is 0 Å². The van der Waals surface area contributed by atoms with E-state index in [4.69, 9.17) is 0 Å². The number of benzene rings is 1. The first kappa shape index (κ1) is 34.1. The summed E-state index contributed by atoms with van der Waals surface area (Å²) >= 11 is 1.86. The molecule has 39 heavy (non-hydrogen) atoms. The fraction of sp³-hybridized carbons (Fsp3) is 0.441. The Labute approximate surface area is 242 Å². The number of aryl methyl sites for hydroxylation is 2. The van der Waals surface area contributed by atoms with Crippen molar-refractivity contribution in [2.24, 2.45) is 5.92 Å². The molecule has 2 unspecified atom stereocenters. The van der Waals surface area contributed by atoms with Crippen LogP contribution in [0.3, 0.4) is 0 Å². The van der Waals surface area contributed by atoms with E-state index >= 15 is 0 Å². The Balaban J connectivity index is 0.000000419. The summed E-state index contributed by atoms with van der Waals surface area (Å²) in [5.41, 5.74) is 3.86. The van der Waals surface area contributed by atoms with Gasteiger partial charge < -0.3 is 10.2 Å². The topological polar surface area (TPSA) is 35.6 Å². The van der Waals surface area contributed by atoms with E-state index in [1.807, 2.05) is 56.7 Å². The van der Waals surface area contributed by atoms with E-state index in [0.717, 1.165) is 25.1 Å². The second kappa shape index (κ2) is 18.4. The number of carbonyl (C=O) groups excluding carboxylic acids is 1. The minimum absolute atomic E-state index is 0.136. The van der Waals surface area contributed by atoms with Crippen molar-refractivity contribution in [2.75, 3.05) is 27.7 Å². The summed E-state index contributed by atoms with van der Waals surface area (Å²) in [6.07, 6.45) is 23.6. The van der Waals surface area contributed by atoms with Crippen LogP contribution in [0.5, 0.6) is 0 Å². The lowest BCUT2D eigenvalue weighted by Crippen LogP contribution is -2.35. The Bertz CT molecular complexity index is 1170. The molecule has 2 aromatic rings. The number of nitrogens with one attached hydrogen (secondary N) is 1. The lowest BCUT2D eigenvalue weighted by molar-refractivity contribution is -0.126. The van der Waals surface area contributed by atoms with Crippen molar-refractivity contribution >= 4 is 27.3 Å². The number of rotatable bonds is 7. The van der Waals surface area contributed by atoms with Gasteiger partial charge in [0.1, 0.15) is 0 Å². The highest BCUT2D eigenvalue weighted by Gasteiger charge is 2.24. The van der Waals surface area contributed by atoms with Crippen molar-refractivity contribution in [1.82, 2.24) is 15.1 Å². The fourth-order valence-corrected chi connectivity index (χ4v) is 5.41. The highest BCUT2D eigenvalue weighted by atomic mass is 32.1. The van der Waals surface area contributed by atoms with Crippen LogP contribution in [0, 0.1) is 32.6 Å². The van der Waals surface area contributed by atoms with E-state index in [1.165, 1.54) is 32.5 Å². The number of fused-ring (bicyclic) bond motifs is 1. The SMILES string of the molecule is C#C.CC.CNC1CC(N2C=CC=CCC2=O)=CC=C1CC(C)CCN(C)C.Cc1ccc2sc(C)cc2c1. The molecule has 212 valence electrons. The third-order valence-corrected chi connectivity index (χ3v) is 7.53. The Hall–Kier alpha value is -2.91. The number of carbonyl (C=O) groups is 1. The quantitative estimate of drug-likeness (QED) is 0.358. The average molecular weight is 548 g/mol. The molecule has 1 aromatic carbocycles. The molecule has 2 aliphatic rings. The predicted molar refractivity (Wildman–Crippen MR) is 173 cm³/mol. The maximum atomic E-state index is 12.3. The third kappa shape index (κ3) is 11.4. The molecule has 1 aliphatic heterocycles. The molecule has 0 saturated carbocycles. The van der Waals surface area contributed by atoms with Gasteiger partial charge in [-0.3, -0.25) is 9.69 Å². The summed E-state index contributed by atoms with van der Waals surface area (Å²) in [5, 5.41) is 4.81. The van der Waals surface area contributed by atoms with Crippen molar-refractivity contribution < 1.29 is 4.79 Å². The zero-order valence-corrected chi connectivity index (χ0v) is 26.1. The van der Waals surface area contributed by atoms with Gasteiger partial charge in [-0.05, 0) is 90.0 Å². The van der Waals surface area contributed by atoms with Crippen molar-refractivity contribution in [2.45, 2.75) is 66.3 Å². The maximum absolute atomic E-state index is 12.3. The Morgan fingerprint density at radius 1 is 1.13 bits per heavy atom. The summed E-state index contributed by atoms with van der Waals surface area (Å²) in [6.45, 7) is 11.7. The molecule has 0 spiro atoms. The molecule has 0 radical (unpaired) electrons. The normalized spacial score (nSPS) is 17.1. The van der Waals surface area contributed by atoms with Gasteiger partial charge in [-0.15, -0.1) is 24.2 Å². The Morgan fingerprint density at radius 3 is 2.51 bits per heavy atom. The van der Waals surface area contributed by atoms with Crippen LogP contribution in [-0.2, 0) is 4.79 Å². The van der Waals surface area contributed by atoms with E-state index < -0.39 is 0 Å². The van der Waals surface area contributed by atoms with Crippen LogP contribution < -0.4 is 5.32 Å². The summed E-state index contributed by atoms with van der Waals surface area (Å²) < 4.78 is 1.40. The second-order valence-corrected chi connectivity index (χ2v) is 11.3. The molecule has 4 rings (SSSR count). The molecule has 0 saturated heterocycles. The van der Waals surface area contributed by atoms with Crippen molar-refractivity contribution in [3.63, 3.8) is 0 Å². The van der Waals surface area contributed by atoms with Crippen LogP contribution >= 0.6 is 11.3 Å². The number of thiophene rings is 1. The molecule has 4 nitrogen and oxygen atoms in total. The van der Waals surface area contributed by atoms with Crippen LogP contribution in [0.4, 0.5) is 0 Å². The molecule has 5 heteroatoms. The van der Waals surface area contributed by atoms with Gasteiger partial charge in [0.25, 0.3) is 0 Å². The molecule has 1 N–H and O–H groups in total. The first-order valence-electron chi connectivity index (χ1n) is 13.9. The van der Waals surface area contributed by atoms with E-state index in [9.17, 15) is 4.79 Å². The zero-order chi connectivity index (χ0) is 29.4. The molecular weight excluding hydrogens is 498 g/mol. The largest absolute Gasteiger partial charge is 0.313 e. The average Bonchev–Trinajstić information content (AvgIpc) is 3.17. The second-order valence-electron chi connectivity index (χ2n) is 9.98. The zero-order valence-electron chi connectivity index (χ0n) is 25.3. The fourth-order valence-electron chi connectivity index (χ4n) is 4.50. The number of amides is 1. The van der Waals surface area contributed by atoms with Crippen LogP contribution in [0.2, 0.25) is 0 Å². The highest BCUT2D eigenvalue weighted by molar-refractivity contribution is 7.19. The first-order chi connectivity index (χ1) is 18.8. The maximum Gasteiger partial charge on any atom is 0.234 e. The van der Waals surface area contributed by atoms with Gasteiger partial charge in [-0.1, -0.05) is 62.3 Å². The van der Waals surface area contributed by atoms with Crippen molar-refractivity contribution in [1.29, 1.82) is 0 Å². The molecule has 0 fully saturated rings.